The summed E-state index contributed by atoms with van der Waals surface area (Å²) in [5, 5.41) is 1.31. The number of nitrogens with one attached hydrogen (secondary N) is 2. The third-order valence-electron chi connectivity index (χ3n) is 3.59. The number of hydrazine groups is 1. The maximum atomic E-state index is 5.62. The Morgan fingerprint density at radius 2 is 1.29 bits per heavy atom. The van der Waals surface area contributed by atoms with Crippen LogP contribution >= 0.6 is 7.92 Å². The van der Waals surface area contributed by atoms with Gasteiger partial charge in [0.25, 0.3) is 0 Å². The van der Waals surface area contributed by atoms with E-state index in [9.17, 15) is 0 Å². The molecular weight excluding hydrogens is 283 g/mol. The van der Waals surface area contributed by atoms with Crippen molar-refractivity contribution in [2.24, 2.45) is 0 Å². The van der Waals surface area contributed by atoms with Crippen molar-refractivity contribution in [3.8, 4) is 0 Å². The van der Waals surface area contributed by atoms with E-state index < -0.39 is 7.92 Å². The van der Waals surface area contributed by atoms with Crippen LogP contribution in [0.25, 0.3) is 0 Å². The van der Waals surface area contributed by atoms with Gasteiger partial charge in [-0.15, -0.1) is 0 Å². The molecule has 21 heavy (non-hydrogen) atoms. The summed E-state index contributed by atoms with van der Waals surface area (Å²) in [6.07, 6.45) is 3.44. The van der Waals surface area contributed by atoms with Gasteiger partial charge >= 0.3 is 0 Å². The van der Waals surface area contributed by atoms with Crippen LogP contribution in [-0.4, -0.2) is 0 Å². The summed E-state index contributed by atoms with van der Waals surface area (Å²) in [4.78, 5) is 0. The van der Waals surface area contributed by atoms with E-state index in [-0.39, 0.29) is 11.6 Å². The molecule has 1 unspecified atom stereocenters. The molecule has 1 aliphatic heterocycles. The predicted molar refractivity (Wildman–Crippen MR) is 82.2 cm³/mol. The van der Waals surface area contributed by atoms with E-state index >= 15 is 0 Å². The Bertz CT molecular complexity index is 640. The van der Waals surface area contributed by atoms with E-state index in [1.165, 1.54) is 5.30 Å². The number of rotatable bonds is 3. The second-order valence-corrected chi connectivity index (χ2v) is 7.23. The number of hydrogen-bond acceptors (Lipinski definition) is 4. The van der Waals surface area contributed by atoms with Crippen LogP contribution in [0, 0.1) is 0 Å². The summed E-state index contributed by atoms with van der Waals surface area (Å²) >= 11 is 0. The molecular formula is C16H15N2O2P. The monoisotopic (exact) mass is 298 g/mol. The minimum absolute atomic E-state index is 0.132. The van der Waals surface area contributed by atoms with Crippen molar-refractivity contribution in [3.63, 3.8) is 0 Å². The van der Waals surface area contributed by atoms with Gasteiger partial charge < -0.3 is 8.83 Å². The van der Waals surface area contributed by atoms with Crippen molar-refractivity contribution in [1.29, 1.82) is 0 Å². The zero-order valence-corrected chi connectivity index (χ0v) is 12.2. The topological polar surface area (TPSA) is 50.3 Å². The van der Waals surface area contributed by atoms with Gasteiger partial charge in [-0.3, -0.25) is 0 Å². The van der Waals surface area contributed by atoms with Crippen molar-refractivity contribution in [2.75, 3.05) is 0 Å². The van der Waals surface area contributed by atoms with Crippen molar-refractivity contribution in [2.45, 2.75) is 11.6 Å². The molecule has 0 radical (unpaired) electrons. The zero-order chi connectivity index (χ0) is 14.1. The Morgan fingerprint density at radius 3 is 1.76 bits per heavy atom. The summed E-state index contributed by atoms with van der Waals surface area (Å²) in [6, 6.07) is 18.4. The molecule has 2 N–H and O–H groups in total. The molecule has 1 saturated heterocycles. The van der Waals surface area contributed by atoms with Crippen LogP contribution in [-0.2, 0) is 0 Å². The first kappa shape index (κ1) is 12.8. The van der Waals surface area contributed by atoms with Crippen LogP contribution in [0.15, 0.2) is 76.0 Å². The maximum absolute atomic E-state index is 5.62. The van der Waals surface area contributed by atoms with Gasteiger partial charge in [0, 0.05) is 0 Å². The Kier molecular flexibility index (Phi) is 3.36. The lowest BCUT2D eigenvalue weighted by Gasteiger charge is -2.21. The van der Waals surface area contributed by atoms with E-state index in [4.69, 9.17) is 8.83 Å². The minimum atomic E-state index is -0.578. The lowest BCUT2D eigenvalue weighted by atomic mass is 10.4. The fourth-order valence-electron chi connectivity index (χ4n) is 2.65. The van der Waals surface area contributed by atoms with Gasteiger partial charge in [0.15, 0.2) is 0 Å². The van der Waals surface area contributed by atoms with Crippen LogP contribution in [0.4, 0.5) is 0 Å². The highest BCUT2D eigenvalue weighted by atomic mass is 31.1. The van der Waals surface area contributed by atoms with Crippen LogP contribution < -0.4 is 16.2 Å². The van der Waals surface area contributed by atoms with E-state index in [2.05, 4.69) is 35.1 Å². The van der Waals surface area contributed by atoms with Gasteiger partial charge in [0.2, 0.25) is 0 Å². The quantitative estimate of drug-likeness (QED) is 0.727. The maximum Gasteiger partial charge on any atom is 0.126 e. The molecule has 0 saturated carbocycles. The second-order valence-electron chi connectivity index (χ2n) is 4.87. The number of hydrogen-bond donors (Lipinski definition) is 2. The number of furan rings is 2. The van der Waals surface area contributed by atoms with Gasteiger partial charge in [0.1, 0.15) is 23.1 Å². The lowest BCUT2D eigenvalue weighted by molar-refractivity contribution is 0.432. The van der Waals surface area contributed by atoms with Gasteiger partial charge in [-0.1, -0.05) is 30.3 Å². The van der Waals surface area contributed by atoms with Crippen LogP contribution in [0.5, 0.6) is 0 Å². The normalized spacial score (nSPS) is 25.2. The third kappa shape index (κ3) is 2.32. The van der Waals surface area contributed by atoms with Crippen LogP contribution in [0.1, 0.15) is 23.1 Å². The summed E-state index contributed by atoms with van der Waals surface area (Å²) in [6.45, 7) is 0. The molecule has 3 atom stereocenters. The minimum Gasteiger partial charge on any atom is -0.467 e. The molecule has 0 aliphatic carbocycles. The molecule has 5 heteroatoms. The largest absolute Gasteiger partial charge is 0.467 e. The average Bonchev–Trinajstić information content (AvgIpc) is 3.27. The summed E-state index contributed by atoms with van der Waals surface area (Å²) < 4.78 is 11.2. The highest BCUT2D eigenvalue weighted by Crippen LogP contribution is 2.61. The summed E-state index contributed by atoms with van der Waals surface area (Å²) in [5.41, 5.74) is 6.74. The number of benzene rings is 1. The highest BCUT2D eigenvalue weighted by Gasteiger charge is 2.40. The molecule has 0 amide bonds. The molecule has 106 valence electrons. The van der Waals surface area contributed by atoms with E-state index in [0.717, 1.165) is 11.5 Å². The molecule has 3 heterocycles. The molecule has 1 aliphatic rings. The first-order valence-corrected chi connectivity index (χ1v) is 8.33. The van der Waals surface area contributed by atoms with E-state index in [0.29, 0.717) is 0 Å². The lowest BCUT2D eigenvalue weighted by Crippen LogP contribution is -2.26. The first-order valence-electron chi connectivity index (χ1n) is 6.85. The molecule has 4 rings (SSSR count). The van der Waals surface area contributed by atoms with Crippen LogP contribution in [0.2, 0.25) is 0 Å². The van der Waals surface area contributed by atoms with Crippen LogP contribution in [0.3, 0.4) is 0 Å². The zero-order valence-electron chi connectivity index (χ0n) is 11.3. The fraction of sp³-hybridized carbons (Fsp3) is 0.125. The fourth-order valence-corrected chi connectivity index (χ4v) is 5.33. The third-order valence-corrected chi connectivity index (χ3v) is 6.37. The Hall–Kier alpha value is -1.87. The summed E-state index contributed by atoms with van der Waals surface area (Å²) in [7, 11) is -0.578. The molecule has 0 bridgehead atoms. The molecule has 3 aromatic rings. The molecule has 4 nitrogen and oxygen atoms in total. The summed E-state index contributed by atoms with van der Waals surface area (Å²) in [5.74, 6) is 2.16. The highest BCUT2D eigenvalue weighted by molar-refractivity contribution is 7.66. The van der Waals surface area contributed by atoms with Gasteiger partial charge in [0.05, 0.1) is 12.5 Å². The van der Waals surface area contributed by atoms with Crippen molar-refractivity contribution < 1.29 is 8.83 Å². The Balaban J connectivity index is 1.76. The smallest absolute Gasteiger partial charge is 0.126 e. The van der Waals surface area contributed by atoms with Gasteiger partial charge in [-0.2, -0.15) is 0 Å². The predicted octanol–water partition coefficient (Wildman–Crippen LogP) is 3.49. The standard InChI is InChI=1S/C16H15N2O2P/c1-2-6-12(7-3-1)21-15(13-8-4-10-19-13)17-18-16(21)14-9-5-11-20-14/h1-11,15-18H/t15-,16+,21?. The van der Waals surface area contributed by atoms with Gasteiger partial charge in [-0.25, -0.2) is 10.9 Å². The average molecular weight is 298 g/mol. The Labute approximate surface area is 123 Å². The second kappa shape index (κ2) is 5.49. The molecule has 2 aromatic heterocycles. The molecule has 1 fully saturated rings. The van der Waals surface area contributed by atoms with E-state index in [1.807, 2.05) is 30.3 Å². The molecule has 1 aromatic carbocycles. The van der Waals surface area contributed by atoms with Crippen molar-refractivity contribution in [3.05, 3.63) is 78.6 Å². The Morgan fingerprint density at radius 1 is 0.714 bits per heavy atom. The van der Waals surface area contributed by atoms with Gasteiger partial charge in [-0.05, 0) is 37.5 Å². The van der Waals surface area contributed by atoms with Crippen molar-refractivity contribution >= 4 is 13.2 Å². The first-order chi connectivity index (χ1) is 10.4. The SMILES string of the molecule is c1ccc(P2[C@@H](c3ccco3)NN[C@H]2c2ccco2)cc1. The van der Waals surface area contributed by atoms with Crippen molar-refractivity contribution in [1.82, 2.24) is 10.9 Å². The van der Waals surface area contributed by atoms with E-state index in [1.54, 1.807) is 12.5 Å². The molecule has 0 spiro atoms.